The van der Waals surface area contributed by atoms with Gasteiger partial charge in [-0.25, -0.2) is 9.78 Å². The average Bonchev–Trinajstić information content (AvgIpc) is 3.11. The van der Waals surface area contributed by atoms with Crippen molar-refractivity contribution in [3.05, 3.63) is 80.1 Å². The fourth-order valence-electron chi connectivity index (χ4n) is 5.18. The summed E-state index contributed by atoms with van der Waals surface area (Å²) in [4.78, 5) is 33.0. The van der Waals surface area contributed by atoms with Crippen molar-refractivity contribution in [2.75, 3.05) is 11.9 Å². The lowest BCUT2D eigenvalue weighted by atomic mass is 10.0. The molecule has 0 fully saturated rings. The van der Waals surface area contributed by atoms with Crippen LogP contribution in [0.2, 0.25) is 0 Å². The third-order valence-electron chi connectivity index (χ3n) is 7.21. The standard InChI is InChI=1S/C32H33BrN2O3S/c1-3-5-9-20-12-14-21(15-13-20)27-19-25(24-18-22(33)16-17-26(24)34-27)30(36)35-31-29(32(37)38-4-2)23-10-7-6-8-11-28(23)39-31/h12-19H,3-11H2,1-2H3,(H,35,36). The van der Waals surface area contributed by atoms with Crippen LogP contribution in [-0.2, 0) is 24.0 Å². The average molecular weight is 606 g/mol. The number of hydrogen-bond donors (Lipinski definition) is 1. The number of esters is 1. The molecule has 1 aliphatic carbocycles. The molecule has 0 spiro atoms. The molecule has 1 amide bonds. The van der Waals surface area contributed by atoms with E-state index >= 15 is 0 Å². The Labute approximate surface area is 242 Å². The van der Waals surface area contributed by atoms with Gasteiger partial charge in [-0.1, -0.05) is 60.0 Å². The van der Waals surface area contributed by atoms with Crippen LogP contribution < -0.4 is 5.32 Å². The summed E-state index contributed by atoms with van der Waals surface area (Å²) in [6.07, 6.45) is 8.40. The maximum atomic E-state index is 13.9. The molecule has 0 bridgehead atoms. The number of rotatable bonds is 8. The van der Waals surface area contributed by atoms with Gasteiger partial charge in [0.1, 0.15) is 5.00 Å². The van der Waals surface area contributed by atoms with Crippen LogP contribution in [0, 0.1) is 0 Å². The first-order chi connectivity index (χ1) is 19.0. The maximum Gasteiger partial charge on any atom is 0.341 e. The molecule has 1 aliphatic rings. The highest BCUT2D eigenvalue weighted by molar-refractivity contribution is 9.10. The molecule has 0 saturated carbocycles. The first-order valence-electron chi connectivity index (χ1n) is 13.8. The predicted octanol–water partition coefficient (Wildman–Crippen LogP) is 8.77. The SMILES string of the molecule is CCCCc1ccc(-c2cc(C(=O)Nc3sc4c(c3C(=O)OCC)CCCCC4)c3cc(Br)ccc3n2)cc1. The smallest absolute Gasteiger partial charge is 0.341 e. The Hall–Kier alpha value is -3.03. The van der Waals surface area contributed by atoms with Gasteiger partial charge >= 0.3 is 5.97 Å². The lowest BCUT2D eigenvalue weighted by Crippen LogP contribution is -2.16. The van der Waals surface area contributed by atoms with Gasteiger partial charge in [0.25, 0.3) is 5.91 Å². The van der Waals surface area contributed by atoms with Crippen molar-refractivity contribution in [3.8, 4) is 11.3 Å². The molecule has 1 N–H and O–H groups in total. The maximum absolute atomic E-state index is 13.9. The van der Waals surface area contributed by atoms with Gasteiger partial charge in [0.15, 0.2) is 0 Å². The van der Waals surface area contributed by atoms with Gasteiger partial charge < -0.3 is 10.1 Å². The highest BCUT2D eigenvalue weighted by Gasteiger charge is 2.27. The van der Waals surface area contributed by atoms with Crippen LogP contribution in [0.1, 0.15) is 82.7 Å². The number of carbonyl (C=O) groups is 2. The zero-order valence-corrected chi connectivity index (χ0v) is 24.8. The Morgan fingerprint density at radius 2 is 1.82 bits per heavy atom. The second-order valence-electron chi connectivity index (χ2n) is 9.96. The summed E-state index contributed by atoms with van der Waals surface area (Å²) in [5, 5.41) is 4.43. The van der Waals surface area contributed by atoms with E-state index in [1.54, 1.807) is 6.92 Å². The van der Waals surface area contributed by atoms with Crippen molar-refractivity contribution in [1.82, 2.24) is 4.98 Å². The number of thiophene rings is 1. The van der Waals surface area contributed by atoms with E-state index in [2.05, 4.69) is 52.4 Å². The van der Waals surface area contributed by atoms with E-state index in [-0.39, 0.29) is 11.9 Å². The first-order valence-corrected chi connectivity index (χ1v) is 15.4. The number of unbranched alkanes of at least 4 members (excludes halogenated alkanes) is 1. The van der Waals surface area contributed by atoms with Crippen molar-refractivity contribution < 1.29 is 14.3 Å². The normalized spacial score (nSPS) is 13.1. The molecular weight excluding hydrogens is 572 g/mol. The monoisotopic (exact) mass is 604 g/mol. The van der Waals surface area contributed by atoms with Crippen molar-refractivity contribution in [2.45, 2.75) is 65.2 Å². The highest BCUT2D eigenvalue weighted by atomic mass is 79.9. The summed E-state index contributed by atoms with van der Waals surface area (Å²) in [6.45, 7) is 4.29. The Kier molecular flexibility index (Phi) is 8.78. The number of hydrogen-bond acceptors (Lipinski definition) is 5. The first kappa shape index (κ1) is 27.5. The minimum absolute atomic E-state index is 0.261. The molecule has 202 valence electrons. The molecule has 5 rings (SSSR count). The minimum atomic E-state index is -0.363. The quantitative estimate of drug-likeness (QED) is 0.161. The largest absolute Gasteiger partial charge is 0.462 e. The van der Waals surface area contributed by atoms with E-state index in [1.807, 2.05) is 24.3 Å². The van der Waals surface area contributed by atoms with Gasteiger partial charge in [-0.05, 0) is 80.8 Å². The number of fused-ring (bicyclic) bond motifs is 2. The van der Waals surface area contributed by atoms with Gasteiger partial charge in [-0.3, -0.25) is 4.79 Å². The highest BCUT2D eigenvalue weighted by Crippen LogP contribution is 2.39. The number of carbonyl (C=O) groups excluding carboxylic acids is 2. The number of ether oxygens (including phenoxy) is 1. The van der Waals surface area contributed by atoms with Gasteiger partial charge in [0.05, 0.1) is 28.9 Å². The number of nitrogens with one attached hydrogen (secondary N) is 1. The molecule has 39 heavy (non-hydrogen) atoms. The third kappa shape index (κ3) is 6.10. The second kappa shape index (κ2) is 12.4. The van der Waals surface area contributed by atoms with E-state index in [0.29, 0.717) is 22.7 Å². The summed E-state index contributed by atoms with van der Waals surface area (Å²) in [7, 11) is 0. The summed E-state index contributed by atoms with van der Waals surface area (Å²) < 4.78 is 6.29. The van der Waals surface area contributed by atoms with Gasteiger partial charge in [0, 0.05) is 20.3 Å². The van der Waals surface area contributed by atoms with Crippen LogP contribution >= 0.6 is 27.3 Å². The number of aryl methyl sites for hydroxylation is 2. The molecule has 7 heteroatoms. The van der Waals surface area contributed by atoms with Crippen molar-refractivity contribution in [3.63, 3.8) is 0 Å². The van der Waals surface area contributed by atoms with Crippen LogP contribution in [0.4, 0.5) is 5.00 Å². The van der Waals surface area contributed by atoms with E-state index in [0.717, 1.165) is 83.6 Å². The number of nitrogens with zero attached hydrogens (tertiary/aromatic N) is 1. The molecule has 0 saturated heterocycles. The van der Waals surface area contributed by atoms with Crippen LogP contribution in [-0.4, -0.2) is 23.5 Å². The van der Waals surface area contributed by atoms with E-state index in [9.17, 15) is 9.59 Å². The van der Waals surface area contributed by atoms with Gasteiger partial charge in [0.2, 0.25) is 0 Å². The Morgan fingerprint density at radius 3 is 2.59 bits per heavy atom. The van der Waals surface area contributed by atoms with Crippen LogP contribution in [0.3, 0.4) is 0 Å². The van der Waals surface area contributed by atoms with Crippen LogP contribution in [0.5, 0.6) is 0 Å². The number of pyridine rings is 1. The van der Waals surface area contributed by atoms with Gasteiger partial charge in [-0.15, -0.1) is 11.3 Å². The fraction of sp³-hybridized carbons (Fsp3) is 0.344. The summed E-state index contributed by atoms with van der Waals surface area (Å²) >= 11 is 5.06. The molecule has 2 aromatic heterocycles. The zero-order chi connectivity index (χ0) is 27.4. The number of halogens is 1. The third-order valence-corrected chi connectivity index (χ3v) is 8.91. The van der Waals surface area contributed by atoms with Crippen LogP contribution in [0.25, 0.3) is 22.2 Å². The lowest BCUT2D eigenvalue weighted by Gasteiger charge is -2.12. The number of anilines is 1. The van der Waals surface area contributed by atoms with Crippen molar-refractivity contribution in [2.24, 2.45) is 0 Å². The fourth-order valence-corrected chi connectivity index (χ4v) is 6.81. The summed E-state index contributed by atoms with van der Waals surface area (Å²) in [5.41, 5.74) is 5.82. The van der Waals surface area contributed by atoms with E-state index < -0.39 is 0 Å². The number of amides is 1. The molecule has 2 heterocycles. The molecular formula is C32H33BrN2O3S. The van der Waals surface area contributed by atoms with Crippen molar-refractivity contribution in [1.29, 1.82) is 0 Å². The molecule has 5 nitrogen and oxygen atoms in total. The number of aromatic nitrogens is 1. The molecule has 0 atom stereocenters. The van der Waals surface area contributed by atoms with Crippen molar-refractivity contribution >= 4 is 55.0 Å². The molecule has 0 unspecified atom stereocenters. The molecule has 4 aromatic rings. The topological polar surface area (TPSA) is 68.3 Å². The van der Waals surface area contributed by atoms with E-state index in [4.69, 9.17) is 9.72 Å². The minimum Gasteiger partial charge on any atom is -0.462 e. The van der Waals surface area contributed by atoms with E-state index in [1.165, 1.54) is 21.8 Å². The number of benzene rings is 2. The predicted molar refractivity (Wildman–Crippen MR) is 163 cm³/mol. The van der Waals surface area contributed by atoms with Gasteiger partial charge in [-0.2, -0.15) is 0 Å². The zero-order valence-electron chi connectivity index (χ0n) is 22.4. The van der Waals surface area contributed by atoms with Crippen LogP contribution in [0.15, 0.2) is 53.0 Å². The molecule has 2 aromatic carbocycles. The second-order valence-corrected chi connectivity index (χ2v) is 12.0. The Morgan fingerprint density at radius 1 is 1.03 bits per heavy atom. The summed E-state index contributed by atoms with van der Waals surface area (Å²) in [5.74, 6) is -0.623. The lowest BCUT2D eigenvalue weighted by molar-refractivity contribution is 0.0527. The Bertz CT molecular complexity index is 1510. The molecule has 0 aliphatic heterocycles. The molecule has 0 radical (unpaired) electrons. The Balaban J connectivity index is 1.54. The summed E-state index contributed by atoms with van der Waals surface area (Å²) in [6, 6.07) is 16.1.